The first-order valence-corrected chi connectivity index (χ1v) is 7.90. The smallest absolute Gasteiger partial charge is 0.223 e. The number of aromatic nitrogens is 2. The van der Waals surface area contributed by atoms with Crippen LogP contribution in [0.1, 0.15) is 26.7 Å². The highest BCUT2D eigenvalue weighted by Gasteiger charge is 2.26. The molecule has 0 bridgehead atoms. The first kappa shape index (κ1) is 14.8. The second-order valence-corrected chi connectivity index (χ2v) is 6.14. The number of anilines is 1. The van der Waals surface area contributed by atoms with Gasteiger partial charge < -0.3 is 10.2 Å². The van der Waals surface area contributed by atoms with E-state index in [0.29, 0.717) is 0 Å². The van der Waals surface area contributed by atoms with E-state index in [1.807, 2.05) is 32.0 Å². The Hall–Kier alpha value is -2.17. The Morgan fingerprint density at radius 2 is 1.95 bits per heavy atom. The zero-order valence-electron chi connectivity index (χ0n) is 13.1. The van der Waals surface area contributed by atoms with Gasteiger partial charge in [-0.2, -0.15) is 0 Å². The second-order valence-electron chi connectivity index (χ2n) is 6.14. The monoisotopic (exact) mass is 298 g/mol. The first-order valence-electron chi connectivity index (χ1n) is 7.90. The molecule has 0 saturated carbocycles. The van der Waals surface area contributed by atoms with Gasteiger partial charge in [0.1, 0.15) is 12.1 Å². The summed E-state index contributed by atoms with van der Waals surface area (Å²) in [5, 5.41) is 4.09. The molecule has 1 amide bonds. The molecule has 5 nitrogen and oxygen atoms in total. The number of para-hydroxylation sites is 1. The molecule has 3 rings (SSSR count). The van der Waals surface area contributed by atoms with E-state index >= 15 is 0 Å². The molecule has 0 radical (unpaired) electrons. The van der Waals surface area contributed by atoms with Crippen molar-refractivity contribution in [1.82, 2.24) is 15.3 Å². The summed E-state index contributed by atoms with van der Waals surface area (Å²) in [7, 11) is 0. The van der Waals surface area contributed by atoms with E-state index in [1.54, 1.807) is 6.33 Å². The fourth-order valence-corrected chi connectivity index (χ4v) is 3.00. The fourth-order valence-electron chi connectivity index (χ4n) is 3.00. The van der Waals surface area contributed by atoms with Crippen molar-refractivity contribution in [2.45, 2.75) is 32.7 Å². The van der Waals surface area contributed by atoms with Crippen molar-refractivity contribution >= 4 is 22.6 Å². The molecule has 2 heterocycles. The third kappa shape index (κ3) is 3.03. The molecular formula is C17H22N4O. The highest BCUT2D eigenvalue weighted by Crippen LogP contribution is 2.27. The van der Waals surface area contributed by atoms with Gasteiger partial charge in [0.2, 0.25) is 5.91 Å². The molecule has 2 aromatic rings. The molecule has 1 N–H and O–H groups in total. The Labute approximate surface area is 130 Å². The minimum Gasteiger partial charge on any atom is -0.356 e. The number of nitrogens with one attached hydrogen (secondary N) is 1. The number of carbonyl (C=O) groups is 1. The molecule has 1 aliphatic heterocycles. The van der Waals surface area contributed by atoms with E-state index in [4.69, 9.17) is 0 Å². The molecule has 5 heteroatoms. The zero-order valence-corrected chi connectivity index (χ0v) is 13.1. The van der Waals surface area contributed by atoms with Crippen LogP contribution in [0.25, 0.3) is 10.9 Å². The van der Waals surface area contributed by atoms with Gasteiger partial charge in [0.15, 0.2) is 0 Å². The summed E-state index contributed by atoms with van der Waals surface area (Å²) >= 11 is 0. The molecular weight excluding hydrogens is 276 g/mol. The Balaban J connectivity index is 1.72. The number of nitrogens with zero attached hydrogens (tertiary/aromatic N) is 3. The molecule has 1 aromatic heterocycles. The number of carbonyl (C=O) groups excluding carboxylic acids is 1. The molecule has 0 aliphatic carbocycles. The maximum absolute atomic E-state index is 12.1. The molecule has 1 saturated heterocycles. The summed E-state index contributed by atoms with van der Waals surface area (Å²) in [6, 6.07) is 8.27. The quantitative estimate of drug-likeness (QED) is 0.945. The van der Waals surface area contributed by atoms with E-state index in [1.165, 1.54) is 0 Å². The van der Waals surface area contributed by atoms with Crippen molar-refractivity contribution < 1.29 is 4.79 Å². The van der Waals surface area contributed by atoms with Gasteiger partial charge in [-0.05, 0) is 38.8 Å². The third-order valence-electron chi connectivity index (χ3n) is 4.12. The summed E-state index contributed by atoms with van der Waals surface area (Å²) in [6.45, 7) is 5.72. The van der Waals surface area contributed by atoms with Gasteiger partial charge in [-0.15, -0.1) is 0 Å². The topological polar surface area (TPSA) is 58.1 Å². The molecule has 0 unspecified atom stereocenters. The fraction of sp³-hybridized carbons (Fsp3) is 0.471. The minimum atomic E-state index is 0.117. The minimum absolute atomic E-state index is 0.117. The van der Waals surface area contributed by atoms with Gasteiger partial charge in [-0.25, -0.2) is 9.97 Å². The molecule has 116 valence electrons. The highest BCUT2D eigenvalue weighted by atomic mass is 16.1. The summed E-state index contributed by atoms with van der Waals surface area (Å²) in [5.41, 5.74) is 0.965. The number of hydrogen-bond donors (Lipinski definition) is 1. The van der Waals surface area contributed by atoms with Crippen molar-refractivity contribution in [3.63, 3.8) is 0 Å². The van der Waals surface area contributed by atoms with E-state index in [2.05, 4.69) is 26.3 Å². The van der Waals surface area contributed by atoms with Crippen molar-refractivity contribution in [1.29, 1.82) is 0 Å². The summed E-state index contributed by atoms with van der Waals surface area (Å²) in [4.78, 5) is 23.1. The van der Waals surface area contributed by atoms with E-state index < -0.39 is 0 Å². The molecule has 0 atom stereocenters. The van der Waals surface area contributed by atoms with Gasteiger partial charge in [0.25, 0.3) is 0 Å². The van der Waals surface area contributed by atoms with Crippen LogP contribution >= 0.6 is 0 Å². The Morgan fingerprint density at radius 1 is 1.23 bits per heavy atom. The van der Waals surface area contributed by atoms with Crippen molar-refractivity contribution in [3.8, 4) is 0 Å². The Morgan fingerprint density at radius 3 is 2.68 bits per heavy atom. The number of hydrogen-bond acceptors (Lipinski definition) is 4. The standard InChI is InChI=1S/C17H22N4O/c1-12(2)20-17(22)13-7-9-21(10-8-13)16-14-5-3-4-6-15(14)18-11-19-16/h3-6,11-13H,7-10H2,1-2H3,(H,20,22). The molecule has 1 aliphatic rings. The van der Waals surface area contributed by atoms with Gasteiger partial charge in [-0.1, -0.05) is 12.1 Å². The maximum Gasteiger partial charge on any atom is 0.223 e. The van der Waals surface area contributed by atoms with Gasteiger partial charge in [-0.3, -0.25) is 4.79 Å². The first-order chi connectivity index (χ1) is 10.6. The lowest BCUT2D eigenvalue weighted by atomic mass is 9.95. The van der Waals surface area contributed by atoms with Crippen LogP contribution in [0.2, 0.25) is 0 Å². The van der Waals surface area contributed by atoms with E-state index in [9.17, 15) is 4.79 Å². The number of piperidine rings is 1. The maximum atomic E-state index is 12.1. The number of amides is 1. The zero-order chi connectivity index (χ0) is 15.5. The van der Waals surface area contributed by atoms with Crippen LogP contribution in [0.5, 0.6) is 0 Å². The van der Waals surface area contributed by atoms with Crippen LogP contribution < -0.4 is 10.2 Å². The average Bonchev–Trinajstić information content (AvgIpc) is 2.54. The summed E-state index contributed by atoms with van der Waals surface area (Å²) < 4.78 is 0. The van der Waals surface area contributed by atoms with Crippen LogP contribution in [0.15, 0.2) is 30.6 Å². The van der Waals surface area contributed by atoms with Crippen LogP contribution in [0, 0.1) is 5.92 Å². The van der Waals surface area contributed by atoms with Gasteiger partial charge >= 0.3 is 0 Å². The van der Waals surface area contributed by atoms with Gasteiger partial charge in [0, 0.05) is 30.4 Å². The lowest BCUT2D eigenvalue weighted by Crippen LogP contribution is -2.42. The SMILES string of the molecule is CC(C)NC(=O)C1CCN(c2ncnc3ccccc23)CC1. The molecule has 1 aromatic carbocycles. The lowest BCUT2D eigenvalue weighted by Gasteiger charge is -2.33. The van der Waals surface area contributed by atoms with Crippen molar-refractivity contribution in [2.75, 3.05) is 18.0 Å². The lowest BCUT2D eigenvalue weighted by molar-refractivity contribution is -0.126. The predicted octanol–water partition coefficient (Wildman–Crippen LogP) is 2.37. The second kappa shape index (κ2) is 6.30. The third-order valence-corrected chi connectivity index (χ3v) is 4.12. The van der Waals surface area contributed by atoms with E-state index in [0.717, 1.165) is 42.7 Å². The number of benzene rings is 1. The Bertz CT molecular complexity index is 657. The largest absolute Gasteiger partial charge is 0.356 e. The molecule has 0 spiro atoms. The summed E-state index contributed by atoms with van der Waals surface area (Å²) in [5.74, 6) is 1.28. The Kier molecular flexibility index (Phi) is 4.22. The predicted molar refractivity (Wildman–Crippen MR) is 87.8 cm³/mol. The van der Waals surface area contributed by atoms with Crippen LogP contribution in [0.4, 0.5) is 5.82 Å². The summed E-state index contributed by atoms with van der Waals surface area (Å²) in [6.07, 6.45) is 3.36. The average molecular weight is 298 g/mol. The van der Waals surface area contributed by atoms with Gasteiger partial charge in [0.05, 0.1) is 5.52 Å². The highest BCUT2D eigenvalue weighted by molar-refractivity contribution is 5.89. The molecule has 1 fully saturated rings. The van der Waals surface area contributed by atoms with Crippen LogP contribution in [-0.4, -0.2) is 35.0 Å². The van der Waals surface area contributed by atoms with Crippen LogP contribution in [-0.2, 0) is 4.79 Å². The number of fused-ring (bicyclic) bond motifs is 1. The normalized spacial score (nSPS) is 16.2. The van der Waals surface area contributed by atoms with Crippen molar-refractivity contribution in [2.24, 2.45) is 5.92 Å². The van der Waals surface area contributed by atoms with Crippen LogP contribution in [0.3, 0.4) is 0 Å². The molecule has 22 heavy (non-hydrogen) atoms. The number of rotatable bonds is 3. The van der Waals surface area contributed by atoms with E-state index in [-0.39, 0.29) is 17.9 Å². The van der Waals surface area contributed by atoms with Crippen molar-refractivity contribution in [3.05, 3.63) is 30.6 Å².